The van der Waals surface area contributed by atoms with E-state index in [-0.39, 0.29) is 11.1 Å². The minimum absolute atomic E-state index is 0.0972. The third-order valence-corrected chi connectivity index (χ3v) is 3.36. The van der Waals surface area contributed by atoms with Gasteiger partial charge in [0.1, 0.15) is 5.75 Å². The molecule has 0 saturated carbocycles. The largest absolute Gasteiger partial charge is 0.493 e. The number of hydrogen-bond donors (Lipinski definition) is 1. The maximum absolute atomic E-state index is 10.8. The van der Waals surface area contributed by atoms with E-state index in [1.54, 1.807) is 12.1 Å². The molecule has 21 heavy (non-hydrogen) atoms. The van der Waals surface area contributed by atoms with Crippen molar-refractivity contribution in [2.24, 2.45) is 5.41 Å². The Morgan fingerprint density at radius 1 is 1.38 bits per heavy atom. The molecule has 1 saturated heterocycles. The Labute approximate surface area is 121 Å². The van der Waals surface area contributed by atoms with E-state index in [1.165, 1.54) is 6.07 Å². The van der Waals surface area contributed by atoms with Crippen LogP contribution in [0.4, 0.5) is 0 Å². The molecular formula is C15H15NO5. The average Bonchev–Trinajstić information content (AvgIpc) is 2.93. The van der Waals surface area contributed by atoms with Crippen molar-refractivity contribution in [1.82, 2.24) is 5.16 Å². The lowest BCUT2D eigenvalue weighted by Crippen LogP contribution is -2.44. The molecule has 0 aliphatic carbocycles. The van der Waals surface area contributed by atoms with E-state index in [1.807, 2.05) is 12.1 Å². The van der Waals surface area contributed by atoms with Gasteiger partial charge in [0.25, 0.3) is 0 Å². The fourth-order valence-corrected chi connectivity index (χ4v) is 2.02. The third kappa shape index (κ3) is 2.90. The maximum atomic E-state index is 10.8. The Kier molecular flexibility index (Phi) is 3.39. The molecule has 1 aliphatic heterocycles. The molecule has 0 amide bonds. The summed E-state index contributed by atoms with van der Waals surface area (Å²) in [5.74, 6) is 0.0593. The first kappa shape index (κ1) is 13.6. The second-order valence-corrected chi connectivity index (χ2v) is 5.50. The molecule has 0 bridgehead atoms. The SMILES string of the molecule is CC1(COc2ccc(-c3cc(C(=O)O)no3)cc2)COC1. The minimum atomic E-state index is -1.11. The van der Waals surface area contributed by atoms with Crippen LogP contribution in [0.2, 0.25) is 0 Å². The monoisotopic (exact) mass is 289 g/mol. The highest BCUT2D eigenvalue weighted by atomic mass is 16.5. The summed E-state index contributed by atoms with van der Waals surface area (Å²) in [5, 5.41) is 12.3. The van der Waals surface area contributed by atoms with Crippen molar-refractivity contribution < 1.29 is 23.9 Å². The third-order valence-electron chi connectivity index (χ3n) is 3.36. The average molecular weight is 289 g/mol. The fraction of sp³-hybridized carbons (Fsp3) is 0.333. The fourth-order valence-electron chi connectivity index (χ4n) is 2.02. The van der Waals surface area contributed by atoms with Gasteiger partial charge in [0.05, 0.1) is 19.8 Å². The van der Waals surface area contributed by atoms with Crippen molar-refractivity contribution in [3.63, 3.8) is 0 Å². The van der Waals surface area contributed by atoms with Gasteiger partial charge in [-0.05, 0) is 24.3 Å². The molecule has 1 aromatic heterocycles. The lowest BCUT2D eigenvalue weighted by molar-refractivity contribution is -0.120. The highest BCUT2D eigenvalue weighted by molar-refractivity contribution is 5.86. The van der Waals surface area contributed by atoms with Gasteiger partial charge in [-0.2, -0.15) is 0 Å². The first-order valence-corrected chi connectivity index (χ1v) is 6.57. The van der Waals surface area contributed by atoms with E-state index in [9.17, 15) is 4.79 Å². The van der Waals surface area contributed by atoms with Crippen molar-refractivity contribution in [2.75, 3.05) is 19.8 Å². The molecule has 2 aromatic rings. The molecule has 1 aromatic carbocycles. The second kappa shape index (κ2) is 5.21. The van der Waals surface area contributed by atoms with Crippen LogP contribution in [0.25, 0.3) is 11.3 Å². The Morgan fingerprint density at radius 2 is 2.10 bits per heavy atom. The summed E-state index contributed by atoms with van der Waals surface area (Å²) >= 11 is 0. The number of benzene rings is 1. The zero-order chi connectivity index (χ0) is 14.9. The number of aromatic nitrogens is 1. The number of nitrogens with zero attached hydrogens (tertiary/aromatic N) is 1. The molecule has 6 nitrogen and oxygen atoms in total. The molecule has 110 valence electrons. The molecule has 0 unspecified atom stereocenters. The highest BCUT2D eigenvalue weighted by Crippen LogP contribution is 2.28. The van der Waals surface area contributed by atoms with Crippen LogP contribution in [0.1, 0.15) is 17.4 Å². The van der Waals surface area contributed by atoms with E-state index < -0.39 is 5.97 Å². The second-order valence-electron chi connectivity index (χ2n) is 5.50. The smallest absolute Gasteiger partial charge is 0.358 e. The number of ether oxygens (including phenoxy) is 2. The Morgan fingerprint density at radius 3 is 2.62 bits per heavy atom. The first-order valence-electron chi connectivity index (χ1n) is 6.57. The van der Waals surface area contributed by atoms with E-state index in [0.717, 1.165) is 24.5 Å². The van der Waals surface area contributed by atoms with Crippen LogP contribution < -0.4 is 4.74 Å². The summed E-state index contributed by atoms with van der Waals surface area (Å²) < 4.78 is 15.9. The topological polar surface area (TPSA) is 81.8 Å². The predicted octanol–water partition coefficient (Wildman–Crippen LogP) is 2.46. The quantitative estimate of drug-likeness (QED) is 0.910. The van der Waals surface area contributed by atoms with Crippen molar-refractivity contribution in [3.05, 3.63) is 36.0 Å². The maximum Gasteiger partial charge on any atom is 0.358 e. The van der Waals surface area contributed by atoms with Gasteiger partial charge >= 0.3 is 5.97 Å². The highest BCUT2D eigenvalue weighted by Gasteiger charge is 2.34. The number of hydrogen-bond acceptors (Lipinski definition) is 5. The van der Waals surface area contributed by atoms with Gasteiger partial charge < -0.3 is 19.1 Å². The van der Waals surface area contributed by atoms with Crippen LogP contribution in [0.3, 0.4) is 0 Å². The van der Waals surface area contributed by atoms with Crippen LogP contribution in [-0.2, 0) is 4.74 Å². The van der Waals surface area contributed by atoms with Crippen molar-refractivity contribution in [1.29, 1.82) is 0 Å². The van der Waals surface area contributed by atoms with Crippen LogP contribution in [-0.4, -0.2) is 36.1 Å². The molecule has 1 aliphatic rings. The Bertz CT molecular complexity index is 642. The van der Waals surface area contributed by atoms with Gasteiger partial charge in [-0.15, -0.1) is 0 Å². The number of rotatable bonds is 5. The van der Waals surface area contributed by atoms with E-state index in [0.29, 0.717) is 12.4 Å². The summed E-state index contributed by atoms with van der Waals surface area (Å²) in [6.07, 6.45) is 0. The van der Waals surface area contributed by atoms with Crippen LogP contribution in [0.5, 0.6) is 5.75 Å². The number of carboxylic acids is 1. The summed E-state index contributed by atoms with van der Waals surface area (Å²) in [6.45, 7) is 4.17. The van der Waals surface area contributed by atoms with E-state index in [2.05, 4.69) is 12.1 Å². The molecule has 1 N–H and O–H groups in total. The van der Waals surface area contributed by atoms with Crippen LogP contribution in [0, 0.1) is 5.41 Å². The van der Waals surface area contributed by atoms with Crippen LogP contribution in [0.15, 0.2) is 34.9 Å². The molecule has 0 spiro atoms. The van der Waals surface area contributed by atoms with Gasteiger partial charge in [0.15, 0.2) is 11.5 Å². The summed E-state index contributed by atoms with van der Waals surface area (Å²) in [4.78, 5) is 10.8. The lowest BCUT2D eigenvalue weighted by Gasteiger charge is -2.37. The summed E-state index contributed by atoms with van der Waals surface area (Å²) in [7, 11) is 0. The summed E-state index contributed by atoms with van der Waals surface area (Å²) in [5.41, 5.74) is 0.740. The van der Waals surface area contributed by atoms with Crippen molar-refractivity contribution in [2.45, 2.75) is 6.92 Å². The number of aromatic carboxylic acids is 1. The zero-order valence-corrected chi connectivity index (χ0v) is 11.5. The lowest BCUT2D eigenvalue weighted by atomic mass is 9.90. The van der Waals surface area contributed by atoms with Gasteiger partial charge in [0, 0.05) is 17.0 Å². The zero-order valence-electron chi connectivity index (χ0n) is 11.5. The van der Waals surface area contributed by atoms with E-state index in [4.69, 9.17) is 19.1 Å². The molecule has 0 atom stereocenters. The van der Waals surface area contributed by atoms with Gasteiger partial charge in [0.2, 0.25) is 0 Å². The van der Waals surface area contributed by atoms with Crippen molar-refractivity contribution >= 4 is 5.97 Å². The molecular weight excluding hydrogens is 274 g/mol. The molecule has 6 heteroatoms. The Balaban J connectivity index is 1.66. The number of carbonyl (C=O) groups is 1. The Hall–Kier alpha value is -2.34. The predicted molar refractivity (Wildman–Crippen MR) is 73.3 cm³/mol. The normalized spacial score (nSPS) is 16.2. The standard InChI is InChI=1S/C15H15NO5/c1-15(7-19-8-15)9-20-11-4-2-10(3-5-11)13-6-12(14(17)18)16-21-13/h2-6H,7-9H2,1H3,(H,17,18). The van der Waals surface area contributed by atoms with Gasteiger partial charge in [-0.1, -0.05) is 12.1 Å². The summed E-state index contributed by atoms with van der Waals surface area (Å²) in [6, 6.07) is 8.65. The minimum Gasteiger partial charge on any atom is -0.493 e. The first-order chi connectivity index (χ1) is 10.1. The number of carboxylic acid groups (broad SMARTS) is 1. The van der Waals surface area contributed by atoms with Gasteiger partial charge in [-0.3, -0.25) is 0 Å². The van der Waals surface area contributed by atoms with Crippen molar-refractivity contribution in [3.8, 4) is 17.1 Å². The molecule has 0 radical (unpaired) electrons. The van der Waals surface area contributed by atoms with Gasteiger partial charge in [-0.25, -0.2) is 4.79 Å². The van der Waals surface area contributed by atoms with Crippen LogP contribution >= 0.6 is 0 Å². The van der Waals surface area contributed by atoms with E-state index >= 15 is 0 Å². The molecule has 3 rings (SSSR count). The molecule has 2 heterocycles. The molecule has 1 fully saturated rings.